The van der Waals surface area contributed by atoms with Crippen molar-refractivity contribution in [2.45, 2.75) is 106 Å². The highest BCUT2D eigenvalue weighted by Crippen LogP contribution is 2.57. The molecule has 0 heterocycles. The lowest BCUT2D eigenvalue weighted by molar-refractivity contribution is 0.659. The van der Waals surface area contributed by atoms with Crippen molar-refractivity contribution in [1.82, 2.24) is 0 Å². The van der Waals surface area contributed by atoms with Crippen LogP contribution in [0.15, 0.2) is 206 Å². The SMILES string of the molecule is Cc1ccc(-c2ccccc2)cc1N(c1cc2c(cc1C)C(C)(C)c1ccccc1-2)c1cc(C(C)C)c2ccc3c(N(c4cc(-c5ccccc5)ccc4C)c4cc5c(cc4C)C(C)(C)c4ccccc4-5)cc(C(C)C)c4ccc1c2c43. The summed E-state index contributed by atoms with van der Waals surface area (Å²) in [6.07, 6.45) is 0. The molecule has 12 aromatic carbocycles. The average molecular weight is 1060 g/mol. The first-order chi connectivity index (χ1) is 39.5. The van der Waals surface area contributed by atoms with E-state index in [9.17, 15) is 0 Å². The molecule has 2 nitrogen and oxygen atoms in total. The predicted octanol–water partition coefficient (Wildman–Crippen LogP) is 23.0. The van der Waals surface area contributed by atoms with Gasteiger partial charge in [0.2, 0.25) is 0 Å². The quantitative estimate of drug-likeness (QED) is 0.126. The van der Waals surface area contributed by atoms with E-state index in [-0.39, 0.29) is 22.7 Å². The molecule has 14 rings (SSSR count). The zero-order valence-electron chi connectivity index (χ0n) is 49.7. The van der Waals surface area contributed by atoms with Gasteiger partial charge < -0.3 is 9.80 Å². The summed E-state index contributed by atoms with van der Waals surface area (Å²) in [4.78, 5) is 5.29. The van der Waals surface area contributed by atoms with Gasteiger partial charge in [-0.2, -0.15) is 0 Å². The highest BCUT2D eigenvalue weighted by atomic mass is 15.2. The van der Waals surface area contributed by atoms with E-state index in [0.717, 1.165) is 0 Å². The maximum Gasteiger partial charge on any atom is 0.0543 e. The molecule has 12 aromatic rings. The Kier molecular flexibility index (Phi) is 11.9. The van der Waals surface area contributed by atoms with Crippen molar-refractivity contribution >= 4 is 66.4 Å². The molecule has 0 N–H and O–H groups in total. The summed E-state index contributed by atoms with van der Waals surface area (Å²) in [6, 6.07) is 79.1. The second-order valence-electron chi connectivity index (χ2n) is 25.5. The van der Waals surface area contributed by atoms with Crippen LogP contribution in [-0.2, 0) is 10.8 Å². The number of rotatable bonds is 10. The Morgan fingerprint density at radius 1 is 0.280 bits per heavy atom. The average Bonchev–Trinajstić information content (AvgIpc) is 1.97. The van der Waals surface area contributed by atoms with E-state index in [1.807, 2.05) is 0 Å². The third-order valence-electron chi connectivity index (χ3n) is 19.0. The van der Waals surface area contributed by atoms with Crippen LogP contribution >= 0.6 is 0 Å². The van der Waals surface area contributed by atoms with Crippen LogP contribution in [0, 0.1) is 27.7 Å². The number of aryl methyl sites for hydroxylation is 4. The molecule has 0 aliphatic heterocycles. The van der Waals surface area contributed by atoms with Crippen molar-refractivity contribution < 1.29 is 0 Å². The van der Waals surface area contributed by atoms with Gasteiger partial charge >= 0.3 is 0 Å². The van der Waals surface area contributed by atoms with Gasteiger partial charge in [0.1, 0.15) is 0 Å². The van der Waals surface area contributed by atoms with Gasteiger partial charge in [-0.3, -0.25) is 0 Å². The Morgan fingerprint density at radius 2 is 0.634 bits per heavy atom. The van der Waals surface area contributed by atoms with E-state index >= 15 is 0 Å². The molecule has 0 saturated heterocycles. The molecule has 2 aliphatic carbocycles. The molecule has 0 aromatic heterocycles. The first-order valence-electron chi connectivity index (χ1n) is 29.7. The van der Waals surface area contributed by atoms with Crippen LogP contribution in [0.1, 0.15) is 123 Å². The molecular weight excluding hydrogens is 989 g/mol. The van der Waals surface area contributed by atoms with Crippen LogP contribution in [0.2, 0.25) is 0 Å². The number of fused-ring (bicyclic) bond motifs is 6. The monoisotopic (exact) mass is 1060 g/mol. The molecule has 82 heavy (non-hydrogen) atoms. The summed E-state index contributed by atoms with van der Waals surface area (Å²) in [6.45, 7) is 28.4. The zero-order valence-corrected chi connectivity index (χ0v) is 49.7. The highest BCUT2D eigenvalue weighted by Gasteiger charge is 2.39. The van der Waals surface area contributed by atoms with Gasteiger partial charge in [-0.1, -0.05) is 225 Å². The standard InChI is InChI=1S/C80H72N2/c1-47(2)63-43-75(81(71-41-55(33-31-49(71)5)53-23-15-13-16-24-53)73-45-65-57-27-19-21-29-67(57)79(9,10)69(65)39-51(73)7)61-38-36-60-64(48(3)4)44-76(62-37-35-59(63)77(61)78(60)62)82(72-42-56(34-32-50(72)6)54-25-17-14-18-26-54)74-46-66-58-28-20-22-30-68(58)80(11,12)70(66)40-52(74)8/h13-48H,1-12H3. The van der Waals surface area contributed by atoms with Gasteiger partial charge in [-0.25, -0.2) is 0 Å². The summed E-state index contributed by atoms with van der Waals surface area (Å²) < 4.78 is 0. The maximum atomic E-state index is 2.64. The van der Waals surface area contributed by atoms with Gasteiger partial charge in [0.15, 0.2) is 0 Å². The number of hydrogen-bond acceptors (Lipinski definition) is 2. The van der Waals surface area contributed by atoms with E-state index in [4.69, 9.17) is 0 Å². The lowest BCUT2D eigenvalue weighted by Crippen LogP contribution is -2.17. The molecule has 0 amide bonds. The first-order valence-corrected chi connectivity index (χ1v) is 29.7. The van der Waals surface area contributed by atoms with Crippen LogP contribution in [0.25, 0.3) is 76.8 Å². The molecule has 0 radical (unpaired) electrons. The fraction of sp³-hybridized carbons (Fsp3) is 0.200. The lowest BCUT2D eigenvalue weighted by Gasteiger charge is -2.34. The second-order valence-corrected chi connectivity index (χ2v) is 25.5. The predicted molar refractivity (Wildman–Crippen MR) is 353 cm³/mol. The maximum absolute atomic E-state index is 2.64. The fourth-order valence-corrected chi connectivity index (χ4v) is 14.6. The number of anilines is 6. The van der Waals surface area contributed by atoms with Gasteiger partial charge in [0.25, 0.3) is 0 Å². The van der Waals surface area contributed by atoms with Crippen molar-refractivity contribution in [3.05, 3.63) is 262 Å². The molecule has 2 heteroatoms. The van der Waals surface area contributed by atoms with Crippen molar-refractivity contribution in [2.75, 3.05) is 9.80 Å². The van der Waals surface area contributed by atoms with E-state index in [1.54, 1.807) is 0 Å². The zero-order chi connectivity index (χ0) is 56.7. The van der Waals surface area contributed by atoms with Gasteiger partial charge in [0, 0.05) is 44.4 Å². The van der Waals surface area contributed by atoms with E-state index in [0.29, 0.717) is 0 Å². The molecule has 0 fully saturated rings. The van der Waals surface area contributed by atoms with Crippen LogP contribution in [0.4, 0.5) is 34.1 Å². The molecular formula is C80H72N2. The molecule has 0 atom stereocenters. The van der Waals surface area contributed by atoms with Crippen LogP contribution in [0.5, 0.6) is 0 Å². The van der Waals surface area contributed by atoms with Crippen LogP contribution in [0.3, 0.4) is 0 Å². The third-order valence-corrected chi connectivity index (χ3v) is 19.0. The Labute approximate surface area is 485 Å². The Hall–Kier alpha value is -8.72. The van der Waals surface area contributed by atoms with E-state index in [1.165, 1.54) is 167 Å². The van der Waals surface area contributed by atoms with E-state index in [2.05, 4.69) is 299 Å². The minimum absolute atomic E-state index is 0.123. The summed E-state index contributed by atoms with van der Waals surface area (Å²) in [5.74, 6) is 0.474. The molecule has 0 bridgehead atoms. The van der Waals surface area contributed by atoms with Gasteiger partial charge in [0.05, 0.1) is 11.4 Å². The van der Waals surface area contributed by atoms with Crippen molar-refractivity contribution in [3.63, 3.8) is 0 Å². The topological polar surface area (TPSA) is 6.48 Å². The van der Waals surface area contributed by atoms with Crippen molar-refractivity contribution in [1.29, 1.82) is 0 Å². The molecule has 0 saturated carbocycles. The number of hydrogen-bond donors (Lipinski definition) is 0. The normalized spacial score (nSPS) is 13.8. The van der Waals surface area contributed by atoms with Crippen LogP contribution < -0.4 is 9.80 Å². The summed E-state index contributed by atoms with van der Waals surface area (Å²) in [5.41, 5.74) is 30.2. The van der Waals surface area contributed by atoms with Crippen LogP contribution in [-0.4, -0.2) is 0 Å². The Bertz CT molecular complexity index is 4260. The Morgan fingerprint density at radius 3 is 1.02 bits per heavy atom. The van der Waals surface area contributed by atoms with Gasteiger partial charge in [-0.05, 0) is 198 Å². The van der Waals surface area contributed by atoms with Gasteiger partial charge in [-0.15, -0.1) is 0 Å². The third kappa shape index (κ3) is 7.74. The lowest BCUT2D eigenvalue weighted by atomic mass is 9.81. The molecule has 402 valence electrons. The molecule has 0 spiro atoms. The minimum atomic E-state index is -0.123. The Balaban J connectivity index is 1.10. The van der Waals surface area contributed by atoms with E-state index < -0.39 is 0 Å². The molecule has 0 unspecified atom stereocenters. The van der Waals surface area contributed by atoms with Crippen molar-refractivity contribution in [3.8, 4) is 44.5 Å². The largest absolute Gasteiger partial charge is 0.309 e. The number of benzene rings is 12. The fourth-order valence-electron chi connectivity index (χ4n) is 14.6. The smallest absolute Gasteiger partial charge is 0.0543 e. The summed E-state index contributed by atoms with van der Waals surface area (Å²) >= 11 is 0. The summed E-state index contributed by atoms with van der Waals surface area (Å²) in [5, 5.41) is 7.77. The highest BCUT2D eigenvalue weighted by molar-refractivity contribution is 6.29. The summed E-state index contributed by atoms with van der Waals surface area (Å²) in [7, 11) is 0. The first kappa shape index (κ1) is 51.4. The molecule has 2 aliphatic rings. The number of nitrogens with zero attached hydrogens (tertiary/aromatic N) is 2. The second kappa shape index (κ2) is 18.9. The minimum Gasteiger partial charge on any atom is -0.309 e. The van der Waals surface area contributed by atoms with Crippen molar-refractivity contribution in [2.24, 2.45) is 0 Å².